The Morgan fingerprint density at radius 1 is 1.16 bits per heavy atom. The maximum atomic E-state index is 12.7. The van der Waals surface area contributed by atoms with Crippen molar-refractivity contribution in [2.45, 2.75) is 27.8 Å². The number of piperazine rings is 1. The van der Waals surface area contributed by atoms with Crippen LogP contribution in [0.15, 0.2) is 39.0 Å². The number of rotatable bonds is 6. The topological polar surface area (TPSA) is 49.3 Å². The zero-order valence-corrected chi connectivity index (χ0v) is 16.9. The fourth-order valence-electron chi connectivity index (χ4n) is 2.71. The van der Waals surface area contributed by atoms with E-state index in [2.05, 4.69) is 46.3 Å². The van der Waals surface area contributed by atoms with E-state index < -0.39 is 0 Å². The highest BCUT2D eigenvalue weighted by atomic mass is 32.2. The van der Waals surface area contributed by atoms with Crippen LogP contribution in [0, 0.1) is 0 Å². The second-order valence-electron chi connectivity index (χ2n) is 5.67. The SMILES string of the molecule is CCSc1nnc(SC(C)C(=O)N2CCN(c3ccccc3)CC2)s1. The molecule has 0 saturated carbocycles. The van der Waals surface area contributed by atoms with E-state index in [0.29, 0.717) is 0 Å². The van der Waals surface area contributed by atoms with E-state index in [0.717, 1.165) is 40.6 Å². The molecule has 1 aromatic heterocycles. The Kier molecular flexibility index (Phi) is 6.61. The molecular formula is C17H22N4OS3. The number of thioether (sulfide) groups is 2. The highest BCUT2D eigenvalue weighted by Gasteiger charge is 2.26. The van der Waals surface area contributed by atoms with Gasteiger partial charge in [-0.25, -0.2) is 0 Å². The number of nitrogens with zero attached hydrogens (tertiary/aromatic N) is 4. The van der Waals surface area contributed by atoms with Crippen LogP contribution in [-0.2, 0) is 4.79 Å². The van der Waals surface area contributed by atoms with Crippen molar-refractivity contribution in [1.29, 1.82) is 0 Å². The molecule has 2 aromatic rings. The largest absolute Gasteiger partial charge is 0.368 e. The zero-order valence-electron chi connectivity index (χ0n) is 14.4. The lowest BCUT2D eigenvalue weighted by molar-refractivity contribution is -0.130. The van der Waals surface area contributed by atoms with Gasteiger partial charge in [-0.15, -0.1) is 10.2 Å². The summed E-state index contributed by atoms with van der Waals surface area (Å²) < 4.78 is 1.85. The molecule has 0 bridgehead atoms. The molecule has 2 heterocycles. The standard InChI is InChI=1S/C17H22N4OS3/c1-3-23-16-18-19-17(25-16)24-13(2)15(22)21-11-9-20(10-12-21)14-7-5-4-6-8-14/h4-8,13H,3,9-12H2,1-2H3. The molecule has 1 saturated heterocycles. The number of para-hydroxylation sites is 1. The van der Waals surface area contributed by atoms with Crippen molar-refractivity contribution in [2.24, 2.45) is 0 Å². The molecule has 25 heavy (non-hydrogen) atoms. The Hall–Kier alpha value is -1.25. The van der Waals surface area contributed by atoms with E-state index in [1.807, 2.05) is 17.9 Å². The predicted molar refractivity (Wildman–Crippen MR) is 107 cm³/mol. The van der Waals surface area contributed by atoms with E-state index in [4.69, 9.17) is 0 Å². The van der Waals surface area contributed by atoms with Crippen molar-refractivity contribution < 1.29 is 4.79 Å². The third-order valence-corrected chi connectivity index (χ3v) is 7.10. The molecular weight excluding hydrogens is 372 g/mol. The highest BCUT2D eigenvalue weighted by molar-refractivity contribution is 8.03. The molecule has 1 fully saturated rings. The maximum Gasteiger partial charge on any atom is 0.235 e. The van der Waals surface area contributed by atoms with Gasteiger partial charge in [-0.05, 0) is 24.8 Å². The van der Waals surface area contributed by atoms with E-state index in [9.17, 15) is 4.79 Å². The molecule has 1 unspecified atom stereocenters. The smallest absolute Gasteiger partial charge is 0.235 e. The van der Waals surface area contributed by atoms with Crippen molar-refractivity contribution in [3.8, 4) is 0 Å². The third-order valence-electron chi connectivity index (χ3n) is 3.99. The number of hydrogen-bond donors (Lipinski definition) is 0. The van der Waals surface area contributed by atoms with Crippen LogP contribution < -0.4 is 4.90 Å². The van der Waals surface area contributed by atoms with Gasteiger partial charge in [0.05, 0.1) is 5.25 Å². The molecule has 0 aliphatic carbocycles. The van der Waals surface area contributed by atoms with Gasteiger partial charge in [0.2, 0.25) is 5.91 Å². The second kappa shape index (κ2) is 8.91. The predicted octanol–water partition coefficient (Wildman–Crippen LogP) is 3.48. The number of aromatic nitrogens is 2. The Morgan fingerprint density at radius 3 is 2.52 bits per heavy atom. The molecule has 0 radical (unpaired) electrons. The lowest BCUT2D eigenvalue weighted by Crippen LogP contribution is -2.50. The van der Waals surface area contributed by atoms with Gasteiger partial charge in [0.15, 0.2) is 8.68 Å². The van der Waals surface area contributed by atoms with E-state index in [-0.39, 0.29) is 11.2 Å². The first-order valence-corrected chi connectivity index (χ1v) is 11.1. The van der Waals surface area contributed by atoms with Gasteiger partial charge < -0.3 is 9.80 Å². The lowest BCUT2D eigenvalue weighted by atomic mass is 10.2. The molecule has 1 atom stereocenters. The van der Waals surface area contributed by atoms with Crippen LogP contribution in [0.2, 0.25) is 0 Å². The number of amides is 1. The van der Waals surface area contributed by atoms with Gasteiger partial charge >= 0.3 is 0 Å². The van der Waals surface area contributed by atoms with Gasteiger partial charge in [0.25, 0.3) is 0 Å². The fraction of sp³-hybridized carbons (Fsp3) is 0.471. The Morgan fingerprint density at radius 2 is 1.84 bits per heavy atom. The number of anilines is 1. The van der Waals surface area contributed by atoms with Crippen LogP contribution in [0.1, 0.15) is 13.8 Å². The van der Waals surface area contributed by atoms with Gasteiger partial charge in [-0.1, -0.05) is 60.0 Å². The van der Waals surface area contributed by atoms with Crippen LogP contribution >= 0.6 is 34.9 Å². The summed E-state index contributed by atoms with van der Waals surface area (Å²) in [6.07, 6.45) is 0. The van der Waals surface area contributed by atoms with E-state index in [1.54, 1.807) is 23.1 Å². The Balaban J connectivity index is 1.51. The van der Waals surface area contributed by atoms with Crippen molar-refractivity contribution in [3.63, 3.8) is 0 Å². The molecule has 5 nitrogen and oxygen atoms in total. The minimum absolute atomic E-state index is 0.129. The summed E-state index contributed by atoms with van der Waals surface area (Å²) in [6, 6.07) is 10.4. The molecule has 1 aliphatic rings. The molecule has 8 heteroatoms. The summed E-state index contributed by atoms with van der Waals surface area (Å²) in [7, 11) is 0. The van der Waals surface area contributed by atoms with Crippen molar-refractivity contribution in [1.82, 2.24) is 15.1 Å². The normalized spacial score (nSPS) is 16.1. The number of benzene rings is 1. The van der Waals surface area contributed by atoms with Crippen molar-refractivity contribution in [3.05, 3.63) is 30.3 Å². The van der Waals surface area contributed by atoms with Gasteiger partial charge in [-0.3, -0.25) is 4.79 Å². The van der Waals surface area contributed by atoms with Gasteiger partial charge in [0.1, 0.15) is 0 Å². The molecule has 134 valence electrons. The third kappa shape index (κ3) is 4.89. The second-order valence-corrected chi connectivity index (χ2v) is 9.75. The molecule has 3 rings (SSSR count). The van der Waals surface area contributed by atoms with Crippen LogP contribution in [0.25, 0.3) is 0 Å². The summed E-state index contributed by atoms with van der Waals surface area (Å²) in [5.74, 6) is 1.18. The van der Waals surface area contributed by atoms with Gasteiger partial charge in [-0.2, -0.15) is 0 Å². The van der Waals surface area contributed by atoms with Crippen LogP contribution in [0.4, 0.5) is 5.69 Å². The van der Waals surface area contributed by atoms with Crippen LogP contribution in [0.3, 0.4) is 0 Å². The first kappa shape index (κ1) is 18.5. The van der Waals surface area contributed by atoms with Crippen LogP contribution in [0.5, 0.6) is 0 Å². The van der Waals surface area contributed by atoms with E-state index >= 15 is 0 Å². The number of hydrogen-bond acceptors (Lipinski definition) is 7. The molecule has 0 spiro atoms. The number of carbonyl (C=O) groups excluding carboxylic acids is 1. The van der Waals surface area contributed by atoms with Crippen LogP contribution in [-0.4, -0.2) is 58.2 Å². The average Bonchev–Trinajstić information content (AvgIpc) is 3.09. The van der Waals surface area contributed by atoms with E-state index in [1.165, 1.54) is 17.4 Å². The number of carbonyl (C=O) groups is 1. The summed E-state index contributed by atoms with van der Waals surface area (Å²) >= 11 is 4.78. The quantitative estimate of drug-likeness (QED) is 0.699. The molecule has 1 aromatic carbocycles. The molecule has 1 amide bonds. The van der Waals surface area contributed by atoms with Gasteiger partial charge in [0, 0.05) is 31.9 Å². The zero-order chi connectivity index (χ0) is 17.6. The summed E-state index contributed by atoms with van der Waals surface area (Å²) in [5.41, 5.74) is 1.23. The summed E-state index contributed by atoms with van der Waals surface area (Å²) in [4.78, 5) is 17.0. The fourth-order valence-corrected chi connectivity index (χ4v) is 5.85. The summed E-state index contributed by atoms with van der Waals surface area (Å²) in [6.45, 7) is 7.36. The Labute approximate surface area is 161 Å². The highest BCUT2D eigenvalue weighted by Crippen LogP contribution is 2.31. The summed E-state index contributed by atoms with van der Waals surface area (Å²) in [5, 5.41) is 8.21. The first-order valence-electron chi connectivity index (χ1n) is 8.39. The maximum absolute atomic E-state index is 12.7. The minimum Gasteiger partial charge on any atom is -0.368 e. The monoisotopic (exact) mass is 394 g/mol. The molecule has 0 N–H and O–H groups in total. The van der Waals surface area contributed by atoms with Crippen molar-refractivity contribution in [2.75, 3.05) is 36.8 Å². The first-order chi connectivity index (χ1) is 12.2. The Bertz CT molecular complexity index is 686. The lowest BCUT2D eigenvalue weighted by Gasteiger charge is -2.37. The van der Waals surface area contributed by atoms with Crippen molar-refractivity contribution >= 4 is 46.5 Å². The average molecular weight is 395 g/mol. The molecule has 1 aliphatic heterocycles. The minimum atomic E-state index is -0.129.